The number of rotatable bonds is 2. The molecular formula is C13H11IN2. The molecule has 0 aromatic carbocycles. The molecule has 0 bridgehead atoms. The first-order valence-corrected chi connectivity index (χ1v) is 6.20. The van der Waals surface area contributed by atoms with Crippen LogP contribution in [0.4, 0.5) is 0 Å². The van der Waals surface area contributed by atoms with Crippen molar-refractivity contribution in [2.75, 3.05) is 0 Å². The molecule has 0 aliphatic rings. The second-order valence-corrected chi connectivity index (χ2v) is 4.14. The highest BCUT2D eigenvalue weighted by molar-refractivity contribution is 14.1. The van der Waals surface area contributed by atoms with Crippen LogP contribution >= 0.6 is 22.6 Å². The highest BCUT2D eigenvalue weighted by Gasteiger charge is 2.06. The number of aromatic nitrogens is 2. The molecule has 2 aromatic heterocycles. The third-order valence-corrected chi connectivity index (χ3v) is 2.75. The average molecular weight is 322 g/mol. The van der Waals surface area contributed by atoms with Crippen molar-refractivity contribution >= 4 is 28.7 Å². The maximum Gasteiger partial charge on any atom is 0.0778 e. The van der Waals surface area contributed by atoms with Gasteiger partial charge in [-0.25, -0.2) is 0 Å². The molecule has 0 saturated heterocycles. The van der Waals surface area contributed by atoms with Gasteiger partial charge in [-0.2, -0.15) is 0 Å². The van der Waals surface area contributed by atoms with E-state index in [1.54, 1.807) is 12.4 Å². The maximum absolute atomic E-state index is 4.45. The van der Waals surface area contributed by atoms with Gasteiger partial charge in [-0.05, 0) is 40.8 Å². The lowest BCUT2D eigenvalue weighted by Gasteiger charge is -2.07. The van der Waals surface area contributed by atoms with Crippen LogP contribution in [0.2, 0.25) is 0 Å². The lowest BCUT2D eigenvalue weighted by atomic mass is 10.0. The van der Waals surface area contributed by atoms with Gasteiger partial charge in [-0.15, -0.1) is 0 Å². The predicted molar refractivity (Wildman–Crippen MR) is 75.3 cm³/mol. The molecule has 0 saturated carbocycles. The fraction of sp³-hybridized carbons (Fsp3) is 0.0769. The first-order valence-electron chi connectivity index (χ1n) is 4.95. The molecule has 0 unspecified atom stereocenters. The summed E-state index contributed by atoms with van der Waals surface area (Å²) in [6, 6.07) is 5.98. The summed E-state index contributed by atoms with van der Waals surface area (Å²) in [5.41, 5.74) is 4.51. The number of hydrogen-bond donors (Lipinski definition) is 0. The fourth-order valence-electron chi connectivity index (χ4n) is 1.58. The molecule has 2 rings (SSSR count). The van der Waals surface area contributed by atoms with E-state index in [0.29, 0.717) is 0 Å². The minimum Gasteiger partial charge on any atom is -0.265 e. The van der Waals surface area contributed by atoms with Crippen molar-refractivity contribution < 1.29 is 0 Å². The second kappa shape index (κ2) is 5.21. The van der Waals surface area contributed by atoms with Crippen LogP contribution in [0.5, 0.6) is 0 Å². The molecule has 0 spiro atoms. The zero-order chi connectivity index (χ0) is 11.4. The number of nitrogens with zero attached hydrogens (tertiary/aromatic N) is 2. The summed E-state index contributed by atoms with van der Waals surface area (Å²) < 4.78 is 2.01. The van der Waals surface area contributed by atoms with E-state index in [4.69, 9.17) is 0 Å². The van der Waals surface area contributed by atoms with E-state index in [-0.39, 0.29) is 0 Å². The van der Waals surface area contributed by atoms with E-state index in [1.807, 2.05) is 28.5 Å². The summed E-state index contributed by atoms with van der Waals surface area (Å²) in [5.74, 6) is 0. The Morgan fingerprint density at radius 2 is 1.88 bits per heavy atom. The molecule has 3 heteroatoms. The van der Waals surface area contributed by atoms with E-state index >= 15 is 0 Å². The van der Waals surface area contributed by atoms with Crippen LogP contribution in [0.3, 0.4) is 0 Å². The standard InChI is InChI=1S/C13H11IN2/c1-10-3-9-16-13(12(10)2-6-14)11-4-7-15-8-5-11/h2-9H,1H3/b6-2-. The van der Waals surface area contributed by atoms with Gasteiger partial charge in [0.25, 0.3) is 0 Å². The summed E-state index contributed by atoms with van der Waals surface area (Å²) in [6.07, 6.45) is 7.50. The molecule has 2 nitrogen and oxygen atoms in total. The number of hydrogen-bond acceptors (Lipinski definition) is 2. The number of halogens is 1. The molecule has 0 fully saturated rings. The molecule has 0 radical (unpaired) electrons. The minimum absolute atomic E-state index is 1.01. The van der Waals surface area contributed by atoms with Gasteiger partial charge in [0.2, 0.25) is 0 Å². The van der Waals surface area contributed by atoms with Gasteiger partial charge in [0.05, 0.1) is 5.69 Å². The van der Waals surface area contributed by atoms with Gasteiger partial charge in [0.1, 0.15) is 0 Å². The second-order valence-electron chi connectivity index (χ2n) is 3.42. The molecule has 2 heterocycles. The van der Waals surface area contributed by atoms with Crippen molar-refractivity contribution in [2.24, 2.45) is 0 Å². The third-order valence-electron chi connectivity index (χ3n) is 2.39. The number of pyridine rings is 2. The van der Waals surface area contributed by atoms with Crippen LogP contribution < -0.4 is 0 Å². The van der Waals surface area contributed by atoms with Crippen LogP contribution in [0, 0.1) is 6.92 Å². The molecule has 16 heavy (non-hydrogen) atoms. The van der Waals surface area contributed by atoms with Crippen LogP contribution in [0.25, 0.3) is 17.3 Å². The molecule has 2 aromatic rings. The Morgan fingerprint density at radius 3 is 2.56 bits per heavy atom. The smallest absolute Gasteiger partial charge is 0.0778 e. The average Bonchev–Trinajstić information content (AvgIpc) is 2.33. The predicted octanol–water partition coefficient (Wildman–Crippen LogP) is 3.86. The zero-order valence-electron chi connectivity index (χ0n) is 8.89. The quantitative estimate of drug-likeness (QED) is 0.785. The molecule has 0 atom stereocenters. The van der Waals surface area contributed by atoms with Gasteiger partial charge in [-0.3, -0.25) is 9.97 Å². The van der Waals surface area contributed by atoms with Crippen molar-refractivity contribution in [3.63, 3.8) is 0 Å². The minimum atomic E-state index is 1.01. The van der Waals surface area contributed by atoms with Crippen molar-refractivity contribution in [3.8, 4) is 11.3 Å². The van der Waals surface area contributed by atoms with Crippen molar-refractivity contribution in [3.05, 3.63) is 52.0 Å². The summed E-state index contributed by atoms with van der Waals surface area (Å²) in [5, 5.41) is 0. The summed E-state index contributed by atoms with van der Waals surface area (Å²) in [6.45, 7) is 2.10. The van der Waals surface area contributed by atoms with E-state index in [2.05, 4.69) is 45.6 Å². The highest BCUT2D eigenvalue weighted by Crippen LogP contribution is 2.24. The zero-order valence-corrected chi connectivity index (χ0v) is 11.0. The van der Waals surface area contributed by atoms with Crippen LogP contribution in [0.1, 0.15) is 11.1 Å². The van der Waals surface area contributed by atoms with Crippen LogP contribution in [-0.4, -0.2) is 9.97 Å². The SMILES string of the molecule is Cc1ccnc(-c2ccncc2)c1/C=C\I. The van der Waals surface area contributed by atoms with E-state index in [9.17, 15) is 0 Å². The van der Waals surface area contributed by atoms with Gasteiger partial charge < -0.3 is 0 Å². The fourth-order valence-corrected chi connectivity index (χ4v) is 1.94. The monoisotopic (exact) mass is 322 g/mol. The Kier molecular flexibility index (Phi) is 3.66. The summed E-state index contributed by atoms with van der Waals surface area (Å²) in [4.78, 5) is 8.47. The van der Waals surface area contributed by atoms with Gasteiger partial charge >= 0.3 is 0 Å². The third kappa shape index (κ3) is 2.29. The lowest BCUT2D eigenvalue weighted by molar-refractivity contribution is 1.25. The van der Waals surface area contributed by atoms with Crippen LogP contribution in [0.15, 0.2) is 40.9 Å². The Bertz CT molecular complexity index is 507. The first kappa shape index (κ1) is 11.3. The normalized spacial score (nSPS) is 10.9. The Balaban J connectivity index is 2.61. The van der Waals surface area contributed by atoms with Crippen LogP contribution in [-0.2, 0) is 0 Å². The Hall–Kier alpha value is -1.23. The largest absolute Gasteiger partial charge is 0.265 e. The summed E-state index contributed by atoms with van der Waals surface area (Å²) >= 11 is 2.22. The Labute approximate surface area is 109 Å². The molecule has 0 amide bonds. The summed E-state index contributed by atoms with van der Waals surface area (Å²) in [7, 11) is 0. The Morgan fingerprint density at radius 1 is 1.12 bits per heavy atom. The molecule has 0 N–H and O–H groups in total. The van der Waals surface area contributed by atoms with Gasteiger partial charge in [0, 0.05) is 29.7 Å². The maximum atomic E-state index is 4.45. The molecule has 0 aliphatic carbocycles. The van der Waals surface area contributed by atoms with Crippen molar-refractivity contribution in [2.45, 2.75) is 6.92 Å². The lowest BCUT2D eigenvalue weighted by Crippen LogP contribution is -1.91. The van der Waals surface area contributed by atoms with Gasteiger partial charge in [-0.1, -0.05) is 22.6 Å². The number of aryl methyl sites for hydroxylation is 1. The van der Waals surface area contributed by atoms with Crippen molar-refractivity contribution in [1.29, 1.82) is 0 Å². The van der Waals surface area contributed by atoms with E-state index in [0.717, 1.165) is 11.3 Å². The molecule has 0 aliphatic heterocycles. The van der Waals surface area contributed by atoms with E-state index < -0.39 is 0 Å². The molecule has 80 valence electrons. The van der Waals surface area contributed by atoms with Crippen molar-refractivity contribution in [1.82, 2.24) is 9.97 Å². The topological polar surface area (TPSA) is 25.8 Å². The first-order chi connectivity index (χ1) is 7.83. The highest BCUT2D eigenvalue weighted by atomic mass is 127. The van der Waals surface area contributed by atoms with Gasteiger partial charge in [0.15, 0.2) is 0 Å². The van der Waals surface area contributed by atoms with E-state index in [1.165, 1.54) is 11.1 Å². The molecular weight excluding hydrogens is 311 g/mol.